The van der Waals surface area contributed by atoms with Gasteiger partial charge in [-0.3, -0.25) is 9.89 Å². The SMILES string of the molecule is CCC(CC(=O)OCc1ccc2[nH]ncc2c1)c1ccc(OC)cc1. The molecule has 0 radical (unpaired) electrons. The fourth-order valence-electron chi connectivity index (χ4n) is 2.88. The fourth-order valence-corrected chi connectivity index (χ4v) is 2.88. The van der Waals surface area contributed by atoms with E-state index < -0.39 is 0 Å². The van der Waals surface area contributed by atoms with Gasteiger partial charge in [0.1, 0.15) is 12.4 Å². The Balaban J connectivity index is 1.57. The highest BCUT2D eigenvalue weighted by Crippen LogP contribution is 2.26. The van der Waals surface area contributed by atoms with Crippen molar-refractivity contribution in [2.75, 3.05) is 7.11 Å². The van der Waals surface area contributed by atoms with Crippen LogP contribution in [0.5, 0.6) is 5.75 Å². The Morgan fingerprint density at radius 3 is 2.72 bits per heavy atom. The molecule has 130 valence electrons. The van der Waals surface area contributed by atoms with Crippen molar-refractivity contribution >= 4 is 16.9 Å². The van der Waals surface area contributed by atoms with E-state index in [9.17, 15) is 4.79 Å². The summed E-state index contributed by atoms with van der Waals surface area (Å²) in [5.41, 5.74) is 3.06. The number of H-pyrrole nitrogens is 1. The highest BCUT2D eigenvalue weighted by Gasteiger charge is 2.15. The van der Waals surface area contributed by atoms with Crippen LogP contribution in [0.3, 0.4) is 0 Å². The Morgan fingerprint density at radius 1 is 1.20 bits per heavy atom. The summed E-state index contributed by atoms with van der Waals surface area (Å²) in [5.74, 6) is 0.778. The standard InChI is InChI=1S/C20H22N2O3/c1-3-15(16-5-7-18(24-2)8-6-16)11-20(23)25-13-14-4-9-19-17(10-14)12-21-22-19/h4-10,12,15H,3,11,13H2,1-2H3,(H,21,22). The highest BCUT2D eigenvalue weighted by molar-refractivity contribution is 5.78. The van der Waals surface area contributed by atoms with Gasteiger partial charge in [0.15, 0.2) is 0 Å². The molecule has 0 aliphatic rings. The summed E-state index contributed by atoms with van der Waals surface area (Å²) < 4.78 is 10.6. The van der Waals surface area contributed by atoms with E-state index in [-0.39, 0.29) is 18.5 Å². The molecule has 1 aromatic heterocycles. The number of fused-ring (bicyclic) bond motifs is 1. The lowest BCUT2D eigenvalue weighted by Crippen LogP contribution is -2.10. The molecule has 0 aliphatic heterocycles. The summed E-state index contributed by atoms with van der Waals surface area (Å²) in [4.78, 5) is 12.2. The lowest BCUT2D eigenvalue weighted by molar-refractivity contribution is -0.145. The molecule has 0 saturated heterocycles. The largest absolute Gasteiger partial charge is 0.497 e. The number of aromatic nitrogens is 2. The summed E-state index contributed by atoms with van der Waals surface area (Å²) in [5, 5.41) is 7.91. The Labute approximate surface area is 147 Å². The minimum absolute atomic E-state index is 0.148. The van der Waals surface area contributed by atoms with Crippen molar-refractivity contribution in [1.82, 2.24) is 10.2 Å². The van der Waals surface area contributed by atoms with E-state index in [2.05, 4.69) is 17.1 Å². The summed E-state index contributed by atoms with van der Waals surface area (Å²) in [7, 11) is 1.64. The molecule has 0 spiro atoms. The Kier molecular flexibility index (Phi) is 5.33. The van der Waals surface area contributed by atoms with Crippen molar-refractivity contribution < 1.29 is 14.3 Å². The van der Waals surface area contributed by atoms with Crippen molar-refractivity contribution in [2.24, 2.45) is 0 Å². The first-order valence-corrected chi connectivity index (χ1v) is 8.41. The van der Waals surface area contributed by atoms with Gasteiger partial charge in [-0.1, -0.05) is 25.1 Å². The minimum atomic E-state index is -0.185. The van der Waals surface area contributed by atoms with Crippen LogP contribution in [-0.4, -0.2) is 23.3 Å². The first-order valence-electron chi connectivity index (χ1n) is 8.41. The number of aromatic amines is 1. The smallest absolute Gasteiger partial charge is 0.306 e. The van der Waals surface area contributed by atoms with E-state index in [4.69, 9.17) is 9.47 Å². The third-order valence-electron chi connectivity index (χ3n) is 4.40. The predicted octanol–water partition coefficient (Wildman–Crippen LogP) is 4.20. The summed E-state index contributed by atoms with van der Waals surface area (Å²) in [6.45, 7) is 2.36. The predicted molar refractivity (Wildman–Crippen MR) is 96.5 cm³/mol. The number of methoxy groups -OCH3 is 1. The molecule has 1 heterocycles. The summed E-state index contributed by atoms with van der Waals surface area (Å²) in [6, 6.07) is 13.7. The van der Waals surface area contributed by atoms with Crippen LogP contribution in [0.1, 0.15) is 36.8 Å². The maximum Gasteiger partial charge on any atom is 0.306 e. The third-order valence-corrected chi connectivity index (χ3v) is 4.40. The van der Waals surface area contributed by atoms with Crippen LogP contribution in [-0.2, 0) is 16.1 Å². The molecule has 1 N–H and O–H groups in total. The molecule has 0 saturated carbocycles. The average molecular weight is 338 g/mol. The molecule has 1 atom stereocenters. The van der Waals surface area contributed by atoms with Gasteiger partial charge in [-0.05, 0) is 47.7 Å². The molecule has 3 aromatic rings. The number of esters is 1. The number of carbonyl (C=O) groups is 1. The Hall–Kier alpha value is -2.82. The third kappa shape index (κ3) is 4.18. The quantitative estimate of drug-likeness (QED) is 0.656. The van der Waals surface area contributed by atoms with E-state index in [1.807, 2.05) is 42.5 Å². The molecular weight excluding hydrogens is 316 g/mol. The van der Waals surface area contributed by atoms with Crippen molar-refractivity contribution in [3.05, 3.63) is 59.8 Å². The zero-order valence-electron chi connectivity index (χ0n) is 14.5. The first-order chi connectivity index (χ1) is 12.2. The van der Waals surface area contributed by atoms with Crippen molar-refractivity contribution in [1.29, 1.82) is 0 Å². The zero-order chi connectivity index (χ0) is 17.6. The van der Waals surface area contributed by atoms with Crippen LogP contribution in [0.2, 0.25) is 0 Å². The molecule has 1 unspecified atom stereocenters. The van der Waals surface area contributed by atoms with Gasteiger partial charge >= 0.3 is 5.97 Å². The molecule has 5 heteroatoms. The van der Waals surface area contributed by atoms with E-state index >= 15 is 0 Å². The first kappa shape index (κ1) is 17.0. The summed E-state index contributed by atoms with van der Waals surface area (Å²) >= 11 is 0. The second-order valence-corrected chi connectivity index (χ2v) is 6.03. The highest BCUT2D eigenvalue weighted by atomic mass is 16.5. The Bertz CT molecular complexity index is 840. The molecule has 0 fully saturated rings. The van der Waals surface area contributed by atoms with Crippen molar-refractivity contribution in [2.45, 2.75) is 32.3 Å². The molecule has 5 nitrogen and oxygen atoms in total. The van der Waals surface area contributed by atoms with Crippen LogP contribution < -0.4 is 4.74 Å². The van der Waals surface area contributed by atoms with Crippen LogP contribution >= 0.6 is 0 Å². The normalized spacial score (nSPS) is 12.1. The van der Waals surface area contributed by atoms with Gasteiger partial charge in [-0.15, -0.1) is 0 Å². The number of carbonyl (C=O) groups excluding carboxylic acids is 1. The lowest BCUT2D eigenvalue weighted by atomic mass is 9.93. The van der Waals surface area contributed by atoms with Gasteiger partial charge < -0.3 is 9.47 Å². The maximum absolute atomic E-state index is 12.2. The maximum atomic E-state index is 12.2. The molecule has 2 aromatic carbocycles. The molecule has 0 amide bonds. The molecule has 0 aliphatic carbocycles. The lowest BCUT2D eigenvalue weighted by Gasteiger charge is -2.15. The van der Waals surface area contributed by atoms with Gasteiger partial charge in [-0.25, -0.2) is 0 Å². The topological polar surface area (TPSA) is 64.2 Å². The molecular formula is C20H22N2O3. The van der Waals surface area contributed by atoms with E-state index in [0.29, 0.717) is 6.42 Å². The number of ether oxygens (including phenoxy) is 2. The van der Waals surface area contributed by atoms with Crippen LogP contribution in [0.15, 0.2) is 48.7 Å². The van der Waals surface area contributed by atoms with E-state index in [0.717, 1.165) is 34.2 Å². The minimum Gasteiger partial charge on any atom is -0.497 e. The number of hydrogen-bond acceptors (Lipinski definition) is 4. The fraction of sp³-hybridized carbons (Fsp3) is 0.300. The van der Waals surface area contributed by atoms with Gasteiger partial charge in [0.25, 0.3) is 0 Å². The second kappa shape index (κ2) is 7.83. The van der Waals surface area contributed by atoms with Gasteiger partial charge in [0.05, 0.1) is 25.2 Å². The summed E-state index contributed by atoms with van der Waals surface area (Å²) in [6.07, 6.45) is 3.01. The van der Waals surface area contributed by atoms with Gasteiger partial charge in [-0.2, -0.15) is 5.10 Å². The van der Waals surface area contributed by atoms with Crippen LogP contribution in [0.25, 0.3) is 10.9 Å². The van der Waals surface area contributed by atoms with Crippen LogP contribution in [0.4, 0.5) is 0 Å². The second-order valence-electron chi connectivity index (χ2n) is 6.03. The molecule has 25 heavy (non-hydrogen) atoms. The van der Waals surface area contributed by atoms with Crippen LogP contribution in [0, 0.1) is 0 Å². The number of benzene rings is 2. The monoisotopic (exact) mass is 338 g/mol. The van der Waals surface area contributed by atoms with Crippen molar-refractivity contribution in [3.8, 4) is 5.75 Å². The molecule has 0 bridgehead atoms. The zero-order valence-corrected chi connectivity index (χ0v) is 14.5. The Morgan fingerprint density at radius 2 is 2.00 bits per heavy atom. The number of hydrogen-bond donors (Lipinski definition) is 1. The van der Waals surface area contributed by atoms with Gasteiger partial charge in [0.2, 0.25) is 0 Å². The number of nitrogens with one attached hydrogen (secondary N) is 1. The van der Waals surface area contributed by atoms with Crippen molar-refractivity contribution in [3.63, 3.8) is 0 Å². The van der Waals surface area contributed by atoms with E-state index in [1.54, 1.807) is 13.3 Å². The van der Waals surface area contributed by atoms with Gasteiger partial charge in [0, 0.05) is 5.39 Å². The average Bonchev–Trinajstić information content (AvgIpc) is 3.12. The van der Waals surface area contributed by atoms with E-state index in [1.165, 1.54) is 0 Å². The number of nitrogens with zero attached hydrogens (tertiary/aromatic N) is 1. The number of rotatable bonds is 7. The molecule has 3 rings (SSSR count).